The summed E-state index contributed by atoms with van der Waals surface area (Å²) in [6, 6.07) is 3.58. The zero-order valence-electron chi connectivity index (χ0n) is 11.9. The monoisotopic (exact) mass is 293 g/mol. The number of phenolic OH excluding ortho intramolecular Hbond substituents is 2. The van der Waals surface area contributed by atoms with Crippen LogP contribution in [-0.4, -0.2) is 46.7 Å². The Kier molecular flexibility index (Phi) is 4.67. The molecular formula is C15H19NO5. The van der Waals surface area contributed by atoms with Crippen LogP contribution >= 0.6 is 0 Å². The van der Waals surface area contributed by atoms with Crippen LogP contribution < -0.4 is 0 Å². The third kappa shape index (κ3) is 3.65. The zero-order chi connectivity index (χ0) is 15.4. The van der Waals surface area contributed by atoms with Gasteiger partial charge in [-0.25, -0.2) is 0 Å². The molecule has 114 valence electrons. The molecule has 0 bridgehead atoms. The number of piperidine rings is 1. The fourth-order valence-electron chi connectivity index (χ4n) is 2.64. The van der Waals surface area contributed by atoms with Crippen molar-refractivity contribution in [1.29, 1.82) is 0 Å². The Morgan fingerprint density at radius 3 is 2.52 bits per heavy atom. The predicted molar refractivity (Wildman–Crippen MR) is 75.1 cm³/mol. The molecule has 1 heterocycles. The summed E-state index contributed by atoms with van der Waals surface area (Å²) in [4.78, 5) is 25.6. The summed E-state index contributed by atoms with van der Waals surface area (Å²) >= 11 is 0. The van der Waals surface area contributed by atoms with Gasteiger partial charge in [-0.2, -0.15) is 0 Å². The summed E-state index contributed by atoms with van der Waals surface area (Å²) < 4.78 is 4.67. The normalized spacial score (nSPS) is 18.3. The fraction of sp³-hybridized carbons (Fsp3) is 0.467. The van der Waals surface area contributed by atoms with E-state index in [-0.39, 0.29) is 41.4 Å². The average molecular weight is 293 g/mol. The second kappa shape index (κ2) is 6.47. The van der Waals surface area contributed by atoms with Gasteiger partial charge >= 0.3 is 5.97 Å². The highest BCUT2D eigenvalue weighted by atomic mass is 16.5. The topological polar surface area (TPSA) is 87.1 Å². The highest BCUT2D eigenvalue weighted by molar-refractivity contribution is 5.95. The molecule has 0 radical (unpaired) electrons. The van der Waals surface area contributed by atoms with Crippen LogP contribution in [0.2, 0.25) is 0 Å². The first kappa shape index (κ1) is 15.2. The molecule has 1 fully saturated rings. The van der Waals surface area contributed by atoms with Gasteiger partial charge in [0.2, 0.25) is 0 Å². The van der Waals surface area contributed by atoms with Gasteiger partial charge in [0, 0.05) is 24.2 Å². The number of hydrogen-bond donors (Lipinski definition) is 2. The fourth-order valence-corrected chi connectivity index (χ4v) is 2.64. The Bertz CT molecular complexity index is 523. The van der Waals surface area contributed by atoms with Crippen molar-refractivity contribution in [2.24, 2.45) is 0 Å². The molecule has 1 unspecified atom stereocenters. The summed E-state index contributed by atoms with van der Waals surface area (Å²) in [5, 5.41) is 19.0. The molecule has 2 rings (SSSR count). The van der Waals surface area contributed by atoms with Crippen LogP contribution in [0.3, 0.4) is 0 Å². The molecule has 6 heteroatoms. The number of nitrogens with zero attached hydrogens (tertiary/aromatic N) is 1. The lowest BCUT2D eigenvalue weighted by atomic mass is 9.98. The minimum atomic E-state index is -0.349. The van der Waals surface area contributed by atoms with Gasteiger partial charge in [-0.05, 0) is 31.4 Å². The number of esters is 1. The zero-order valence-corrected chi connectivity index (χ0v) is 11.9. The lowest BCUT2D eigenvalue weighted by molar-refractivity contribution is -0.142. The van der Waals surface area contributed by atoms with Crippen molar-refractivity contribution in [3.8, 4) is 11.5 Å². The highest BCUT2D eigenvalue weighted by Gasteiger charge is 2.29. The molecule has 6 nitrogen and oxygen atoms in total. The number of amides is 1. The molecule has 1 aliphatic rings. The van der Waals surface area contributed by atoms with Gasteiger partial charge in [0.25, 0.3) is 5.91 Å². The molecule has 1 aliphatic heterocycles. The van der Waals surface area contributed by atoms with Gasteiger partial charge in [0.15, 0.2) is 0 Å². The second-order valence-corrected chi connectivity index (χ2v) is 5.17. The minimum absolute atomic E-state index is 0.160. The molecule has 1 saturated heterocycles. The van der Waals surface area contributed by atoms with E-state index in [2.05, 4.69) is 4.74 Å². The molecular weight excluding hydrogens is 274 g/mol. The summed E-state index contributed by atoms with van der Waals surface area (Å²) in [5.41, 5.74) is 0.212. The number of methoxy groups -OCH3 is 1. The first-order valence-electron chi connectivity index (χ1n) is 6.92. The second-order valence-electron chi connectivity index (χ2n) is 5.17. The van der Waals surface area contributed by atoms with Crippen molar-refractivity contribution < 1.29 is 24.5 Å². The van der Waals surface area contributed by atoms with Crippen LogP contribution in [0.1, 0.15) is 36.0 Å². The molecule has 21 heavy (non-hydrogen) atoms. The van der Waals surface area contributed by atoms with E-state index >= 15 is 0 Å². The molecule has 1 aromatic rings. The third-order valence-corrected chi connectivity index (χ3v) is 3.67. The maximum Gasteiger partial charge on any atom is 0.307 e. The van der Waals surface area contributed by atoms with Crippen molar-refractivity contribution in [2.45, 2.75) is 31.7 Å². The first-order chi connectivity index (χ1) is 10.0. The van der Waals surface area contributed by atoms with Crippen LogP contribution in [0, 0.1) is 0 Å². The number of carbonyl (C=O) groups is 2. The number of likely N-dealkylation sites (tertiary alicyclic amines) is 1. The highest BCUT2D eigenvalue weighted by Crippen LogP contribution is 2.26. The van der Waals surface area contributed by atoms with Crippen molar-refractivity contribution >= 4 is 11.9 Å². The molecule has 2 N–H and O–H groups in total. The number of benzene rings is 1. The van der Waals surface area contributed by atoms with Crippen LogP contribution in [0.25, 0.3) is 0 Å². The van der Waals surface area contributed by atoms with Gasteiger partial charge in [0.1, 0.15) is 11.5 Å². The van der Waals surface area contributed by atoms with Crippen molar-refractivity contribution in [2.75, 3.05) is 13.7 Å². The lowest BCUT2D eigenvalue weighted by Gasteiger charge is -2.35. The number of carbonyl (C=O) groups excluding carboxylic acids is 2. The van der Waals surface area contributed by atoms with E-state index in [1.54, 1.807) is 4.90 Å². The summed E-state index contributed by atoms with van der Waals surface area (Å²) in [6.07, 6.45) is 2.73. The number of rotatable bonds is 3. The Balaban J connectivity index is 2.19. The average Bonchev–Trinajstić information content (AvgIpc) is 2.46. The van der Waals surface area contributed by atoms with E-state index < -0.39 is 0 Å². The molecule has 1 amide bonds. The van der Waals surface area contributed by atoms with Crippen molar-refractivity contribution in [3.05, 3.63) is 23.8 Å². The summed E-state index contributed by atoms with van der Waals surface area (Å²) in [7, 11) is 1.32. The summed E-state index contributed by atoms with van der Waals surface area (Å²) in [6.45, 7) is 0.552. The number of ether oxygens (including phenoxy) is 1. The maximum absolute atomic E-state index is 12.5. The predicted octanol–water partition coefficient (Wildman–Crippen LogP) is 1.66. The Hall–Kier alpha value is -2.24. The Morgan fingerprint density at radius 1 is 1.24 bits per heavy atom. The number of phenols is 2. The standard InChI is InChI=1S/C15H19NO5/c1-21-14(19)8-11-4-2-3-5-16(11)15(20)10-6-12(17)9-13(18)7-10/h6-7,9,11,17-18H,2-5,8H2,1H3. The Labute approximate surface area is 122 Å². The van der Waals surface area contributed by atoms with E-state index in [9.17, 15) is 19.8 Å². The van der Waals surface area contributed by atoms with E-state index in [4.69, 9.17) is 0 Å². The molecule has 0 saturated carbocycles. The molecule has 0 aliphatic carbocycles. The Morgan fingerprint density at radius 2 is 1.90 bits per heavy atom. The smallest absolute Gasteiger partial charge is 0.307 e. The van der Waals surface area contributed by atoms with Crippen LogP contribution in [0.4, 0.5) is 0 Å². The maximum atomic E-state index is 12.5. The SMILES string of the molecule is COC(=O)CC1CCCCN1C(=O)c1cc(O)cc(O)c1. The molecule has 0 aromatic heterocycles. The molecule has 1 aromatic carbocycles. The largest absolute Gasteiger partial charge is 0.508 e. The van der Waals surface area contributed by atoms with Crippen molar-refractivity contribution in [1.82, 2.24) is 4.90 Å². The van der Waals surface area contributed by atoms with E-state index in [1.165, 1.54) is 25.3 Å². The van der Waals surface area contributed by atoms with Gasteiger partial charge in [-0.1, -0.05) is 0 Å². The summed E-state index contributed by atoms with van der Waals surface area (Å²) in [5.74, 6) is -0.979. The van der Waals surface area contributed by atoms with Crippen LogP contribution in [0.15, 0.2) is 18.2 Å². The van der Waals surface area contributed by atoms with E-state index in [1.807, 2.05) is 0 Å². The van der Waals surface area contributed by atoms with Gasteiger partial charge in [0.05, 0.1) is 13.5 Å². The molecule has 1 atom stereocenters. The minimum Gasteiger partial charge on any atom is -0.508 e. The van der Waals surface area contributed by atoms with Crippen LogP contribution in [0.5, 0.6) is 11.5 Å². The van der Waals surface area contributed by atoms with E-state index in [0.717, 1.165) is 19.3 Å². The van der Waals surface area contributed by atoms with Gasteiger partial charge in [-0.15, -0.1) is 0 Å². The van der Waals surface area contributed by atoms with E-state index in [0.29, 0.717) is 6.54 Å². The number of aromatic hydroxyl groups is 2. The third-order valence-electron chi connectivity index (χ3n) is 3.67. The van der Waals surface area contributed by atoms with Crippen molar-refractivity contribution in [3.63, 3.8) is 0 Å². The lowest BCUT2D eigenvalue weighted by Crippen LogP contribution is -2.44. The quantitative estimate of drug-likeness (QED) is 0.828. The molecule has 0 spiro atoms. The number of hydrogen-bond acceptors (Lipinski definition) is 5. The van der Waals surface area contributed by atoms with Gasteiger partial charge < -0.3 is 19.8 Å². The van der Waals surface area contributed by atoms with Crippen LogP contribution in [-0.2, 0) is 9.53 Å². The first-order valence-corrected chi connectivity index (χ1v) is 6.92. The van der Waals surface area contributed by atoms with Gasteiger partial charge in [-0.3, -0.25) is 9.59 Å².